The van der Waals surface area contributed by atoms with Crippen LogP contribution in [-0.4, -0.2) is 41.5 Å². The number of carboxylic acid groups (broad SMARTS) is 1. The Morgan fingerprint density at radius 3 is 2.28 bits per heavy atom. The van der Waals surface area contributed by atoms with E-state index in [1.807, 2.05) is 36.4 Å². The predicted octanol–water partition coefficient (Wildman–Crippen LogP) is 3.03. The van der Waals surface area contributed by atoms with E-state index in [0.29, 0.717) is 0 Å². The molecule has 1 fully saturated rings. The minimum atomic E-state index is -1.09. The predicted molar refractivity (Wildman–Crippen MR) is 88.9 cm³/mol. The Balaban J connectivity index is 1.53. The molecular formula is C19H17NO5. The Labute approximate surface area is 144 Å². The highest BCUT2D eigenvalue weighted by Crippen LogP contribution is 2.44. The number of hydroxylamine groups is 2. The fraction of sp³-hybridized carbons (Fsp3) is 0.263. The van der Waals surface area contributed by atoms with E-state index in [9.17, 15) is 9.59 Å². The molecule has 1 amide bonds. The summed E-state index contributed by atoms with van der Waals surface area (Å²) < 4.78 is 5.40. The number of amides is 1. The number of carbonyl (C=O) groups excluding carboxylic acids is 1. The van der Waals surface area contributed by atoms with E-state index in [1.54, 1.807) is 0 Å². The molecule has 128 valence electrons. The monoisotopic (exact) mass is 339 g/mol. The molecule has 25 heavy (non-hydrogen) atoms. The Hall–Kier alpha value is -2.86. The first-order valence-corrected chi connectivity index (χ1v) is 8.16. The molecule has 0 aromatic heterocycles. The number of carboxylic acids is 1. The fourth-order valence-electron chi connectivity index (χ4n) is 3.53. The summed E-state index contributed by atoms with van der Waals surface area (Å²) in [6.45, 7) is 0.334. The van der Waals surface area contributed by atoms with E-state index in [-0.39, 0.29) is 25.6 Å². The number of carbonyl (C=O) groups is 2. The third-order valence-corrected chi connectivity index (χ3v) is 4.71. The van der Waals surface area contributed by atoms with Gasteiger partial charge in [0.05, 0.1) is 6.61 Å². The standard InChI is InChI=1S/C19H17NO5/c21-18(22)17-9-10-25-20(17)19(23)24-11-16-14-7-3-1-5-12(14)13-6-2-4-8-15(13)16/h1-8,16-17H,9-11H2,(H,21,22)/t17-/m0/s1. The molecule has 0 bridgehead atoms. The van der Waals surface area contributed by atoms with Crippen molar-refractivity contribution < 1.29 is 24.3 Å². The van der Waals surface area contributed by atoms with E-state index in [4.69, 9.17) is 14.7 Å². The Morgan fingerprint density at radius 1 is 1.08 bits per heavy atom. The summed E-state index contributed by atoms with van der Waals surface area (Å²) >= 11 is 0. The maximum atomic E-state index is 12.3. The number of fused-ring (bicyclic) bond motifs is 3. The molecule has 0 radical (unpaired) electrons. The van der Waals surface area contributed by atoms with Crippen molar-refractivity contribution in [2.45, 2.75) is 18.4 Å². The zero-order valence-electron chi connectivity index (χ0n) is 13.4. The molecule has 1 atom stereocenters. The fourth-order valence-corrected chi connectivity index (χ4v) is 3.53. The van der Waals surface area contributed by atoms with Crippen molar-refractivity contribution >= 4 is 12.1 Å². The van der Waals surface area contributed by atoms with Crippen molar-refractivity contribution in [2.75, 3.05) is 13.2 Å². The third kappa shape index (κ3) is 2.64. The summed E-state index contributed by atoms with van der Waals surface area (Å²) in [4.78, 5) is 28.6. The summed E-state index contributed by atoms with van der Waals surface area (Å²) in [5, 5.41) is 9.97. The van der Waals surface area contributed by atoms with E-state index < -0.39 is 18.1 Å². The zero-order valence-corrected chi connectivity index (χ0v) is 13.4. The van der Waals surface area contributed by atoms with Crippen molar-refractivity contribution in [3.63, 3.8) is 0 Å². The minimum Gasteiger partial charge on any atom is -0.480 e. The first-order chi connectivity index (χ1) is 12.2. The number of rotatable bonds is 3. The third-order valence-electron chi connectivity index (χ3n) is 4.71. The first kappa shape index (κ1) is 15.7. The van der Waals surface area contributed by atoms with Crippen molar-refractivity contribution in [1.29, 1.82) is 0 Å². The average molecular weight is 339 g/mol. The maximum absolute atomic E-state index is 12.3. The van der Waals surface area contributed by atoms with Crippen LogP contribution in [0.25, 0.3) is 11.1 Å². The van der Waals surface area contributed by atoms with Crippen LogP contribution in [0.4, 0.5) is 4.79 Å². The van der Waals surface area contributed by atoms with E-state index in [1.165, 1.54) is 0 Å². The Bertz CT molecular complexity index is 789. The summed E-state index contributed by atoms with van der Waals surface area (Å²) in [6.07, 6.45) is -0.494. The lowest BCUT2D eigenvalue weighted by Gasteiger charge is -2.20. The molecule has 2 aliphatic rings. The lowest BCUT2D eigenvalue weighted by Crippen LogP contribution is -2.40. The van der Waals surface area contributed by atoms with Gasteiger partial charge in [-0.25, -0.2) is 9.59 Å². The highest BCUT2D eigenvalue weighted by molar-refractivity contribution is 5.80. The quantitative estimate of drug-likeness (QED) is 0.930. The number of aliphatic carboxylic acids is 1. The van der Waals surface area contributed by atoms with Gasteiger partial charge in [-0.3, -0.25) is 4.84 Å². The van der Waals surface area contributed by atoms with Gasteiger partial charge < -0.3 is 9.84 Å². The second-order valence-corrected chi connectivity index (χ2v) is 6.11. The second-order valence-electron chi connectivity index (χ2n) is 6.11. The van der Waals surface area contributed by atoms with Gasteiger partial charge >= 0.3 is 12.1 Å². The van der Waals surface area contributed by atoms with Gasteiger partial charge in [-0.15, -0.1) is 0 Å². The number of ether oxygens (including phenoxy) is 1. The SMILES string of the molecule is O=C(O)[C@@H]1CCON1C(=O)OCC1c2ccccc2-c2ccccc21. The molecule has 1 saturated heterocycles. The molecular weight excluding hydrogens is 322 g/mol. The van der Waals surface area contributed by atoms with Gasteiger partial charge in [0.25, 0.3) is 0 Å². The molecule has 1 heterocycles. The summed E-state index contributed by atoms with van der Waals surface area (Å²) in [5.41, 5.74) is 4.49. The van der Waals surface area contributed by atoms with Gasteiger partial charge in [0, 0.05) is 12.3 Å². The van der Waals surface area contributed by atoms with Gasteiger partial charge in [-0.1, -0.05) is 48.5 Å². The first-order valence-electron chi connectivity index (χ1n) is 8.16. The molecule has 0 unspecified atom stereocenters. The molecule has 6 nitrogen and oxygen atoms in total. The van der Waals surface area contributed by atoms with E-state index >= 15 is 0 Å². The molecule has 6 heteroatoms. The van der Waals surface area contributed by atoms with Crippen LogP contribution in [0.3, 0.4) is 0 Å². The number of nitrogens with zero attached hydrogens (tertiary/aromatic N) is 1. The number of hydrogen-bond donors (Lipinski definition) is 1. The molecule has 1 aliphatic heterocycles. The Kier molecular flexibility index (Phi) is 3.89. The van der Waals surface area contributed by atoms with Crippen molar-refractivity contribution in [3.05, 3.63) is 59.7 Å². The normalized spacial score (nSPS) is 18.7. The molecule has 0 spiro atoms. The highest BCUT2D eigenvalue weighted by Gasteiger charge is 2.38. The maximum Gasteiger partial charge on any atom is 0.434 e. The molecule has 2 aromatic rings. The molecule has 0 saturated carbocycles. The largest absolute Gasteiger partial charge is 0.480 e. The van der Waals surface area contributed by atoms with Crippen LogP contribution in [0.15, 0.2) is 48.5 Å². The molecule has 1 aliphatic carbocycles. The van der Waals surface area contributed by atoms with Crippen LogP contribution >= 0.6 is 0 Å². The summed E-state index contributed by atoms with van der Waals surface area (Å²) in [7, 11) is 0. The van der Waals surface area contributed by atoms with E-state index in [2.05, 4.69) is 12.1 Å². The van der Waals surface area contributed by atoms with Crippen LogP contribution < -0.4 is 0 Å². The van der Waals surface area contributed by atoms with Gasteiger partial charge in [0.15, 0.2) is 6.04 Å². The van der Waals surface area contributed by atoms with Gasteiger partial charge in [0.1, 0.15) is 6.61 Å². The number of hydrogen-bond acceptors (Lipinski definition) is 4. The molecule has 4 rings (SSSR count). The lowest BCUT2D eigenvalue weighted by molar-refractivity contribution is -0.157. The lowest BCUT2D eigenvalue weighted by atomic mass is 9.98. The summed E-state index contributed by atoms with van der Waals surface area (Å²) in [6, 6.07) is 15.1. The topological polar surface area (TPSA) is 76.1 Å². The highest BCUT2D eigenvalue weighted by atomic mass is 16.7. The van der Waals surface area contributed by atoms with Crippen molar-refractivity contribution in [2.24, 2.45) is 0 Å². The second kappa shape index (κ2) is 6.22. The average Bonchev–Trinajstić information content (AvgIpc) is 3.23. The van der Waals surface area contributed by atoms with Crippen LogP contribution in [0.2, 0.25) is 0 Å². The Morgan fingerprint density at radius 2 is 1.68 bits per heavy atom. The molecule has 2 aromatic carbocycles. The smallest absolute Gasteiger partial charge is 0.434 e. The van der Waals surface area contributed by atoms with Gasteiger partial charge in [0.2, 0.25) is 0 Å². The van der Waals surface area contributed by atoms with Crippen molar-refractivity contribution in [1.82, 2.24) is 5.06 Å². The van der Waals surface area contributed by atoms with Crippen LogP contribution in [-0.2, 0) is 14.4 Å². The van der Waals surface area contributed by atoms with Crippen LogP contribution in [0.1, 0.15) is 23.5 Å². The zero-order chi connectivity index (χ0) is 17.4. The van der Waals surface area contributed by atoms with Crippen LogP contribution in [0, 0.1) is 0 Å². The van der Waals surface area contributed by atoms with Crippen LogP contribution in [0.5, 0.6) is 0 Å². The van der Waals surface area contributed by atoms with Gasteiger partial charge in [-0.05, 0) is 22.3 Å². The minimum absolute atomic E-state index is 0.0674. The summed E-state index contributed by atoms with van der Waals surface area (Å²) in [5.74, 6) is -1.16. The molecule has 1 N–H and O–H groups in total. The van der Waals surface area contributed by atoms with Gasteiger partial charge in [-0.2, -0.15) is 5.06 Å². The van der Waals surface area contributed by atoms with Crippen molar-refractivity contribution in [3.8, 4) is 11.1 Å². The van der Waals surface area contributed by atoms with E-state index in [0.717, 1.165) is 27.3 Å². The number of benzene rings is 2.